The van der Waals surface area contributed by atoms with Crippen molar-refractivity contribution in [3.8, 4) is 0 Å². The maximum absolute atomic E-state index is 13.9. The molecule has 2 aromatic carbocycles. The number of nitrogens with zero attached hydrogens (tertiary/aromatic N) is 3. The molecule has 4 rings (SSSR count). The van der Waals surface area contributed by atoms with Crippen molar-refractivity contribution in [2.24, 2.45) is 5.73 Å². The molecule has 28 heavy (non-hydrogen) atoms. The minimum absolute atomic E-state index is 0.195. The highest BCUT2D eigenvalue weighted by molar-refractivity contribution is 6.36. The zero-order valence-electron chi connectivity index (χ0n) is 14.7. The number of fused-ring (bicyclic) bond motifs is 1. The highest BCUT2D eigenvalue weighted by Crippen LogP contribution is 2.32. The summed E-state index contributed by atoms with van der Waals surface area (Å²) in [6.45, 7) is 0.825. The summed E-state index contributed by atoms with van der Waals surface area (Å²) in [5, 5.41) is 0.893. The summed E-state index contributed by atoms with van der Waals surface area (Å²) < 4.78 is 43.2. The molecule has 2 atom stereocenters. The number of benzene rings is 2. The zero-order valence-corrected chi connectivity index (χ0v) is 16.2. The van der Waals surface area contributed by atoms with Crippen molar-refractivity contribution in [3.05, 3.63) is 57.6 Å². The lowest BCUT2D eigenvalue weighted by Crippen LogP contribution is -2.50. The minimum Gasteiger partial charge on any atom is -0.340 e. The summed E-state index contributed by atoms with van der Waals surface area (Å²) >= 11 is 12.6. The van der Waals surface area contributed by atoms with Crippen LogP contribution in [0.4, 0.5) is 19.1 Å². The highest BCUT2D eigenvalue weighted by Gasteiger charge is 2.29. The molecular formula is C19H17Cl2F3N4. The van der Waals surface area contributed by atoms with E-state index in [9.17, 15) is 13.2 Å². The summed E-state index contributed by atoms with van der Waals surface area (Å²) in [4.78, 5) is 6.29. The Bertz CT molecular complexity index is 1020. The molecule has 1 aliphatic rings. The maximum Gasteiger partial charge on any atom is 0.206 e. The fourth-order valence-electron chi connectivity index (χ4n) is 3.48. The number of anilines is 1. The quantitative estimate of drug-likeness (QED) is 0.665. The molecule has 0 bridgehead atoms. The van der Waals surface area contributed by atoms with Gasteiger partial charge in [0.25, 0.3) is 0 Å². The summed E-state index contributed by atoms with van der Waals surface area (Å²) in [6.07, 6.45) is -0.845. The largest absolute Gasteiger partial charge is 0.340 e. The van der Waals surface area contributed by atoms with Crippen LogP contribution in [0.25, 0.3) is 11.0 Å². The zero-order chi connectivity index (χ0) is 20.0. The smallest absolute Gasteiger partial charge is 0.206 e. The SMILES string of the molecule is NC1CN(c2nc3cc(F)c(F)cc3n2Cc2c(Cl)cccc2Cl)CCC1F. The third kappa shape index (κ3) is 3.43. The summed E-state index contributed by atoms with van der Waals surface area (Å²) in [5.41, 5.74) is 7.18. The van der Waals surface area contributed by atoms with Crippen LogP contribution in [-0.2, 0) is 6.54 Å². The molecule has 0 saturated carbocycles. The van der Waals surface area contributed by atoms with Crippen LogP contribution < -0.4 is 10.6 Å². The predicted octanol–water partition coefficient (Wildman–Crippen LogP) is 4.55. The van der Waals surface area contributed by atoms with Crippen LogP contribution in [-0.4, -0.2) is 34.9 Å². The van der Waals surface area contributed by atoms with Crippen LogP contribution in [0.5, 0.6) is 0 Å². The first-order valence-electron chi connectivity index (χ1n) is 8.78. The lowest BCUT2D eigenvalue weighted by molar-refractivity contribution is 0.243. The van der Waals surface area contributed by atoms with Crippen molar-refractivity contribution in [3.63, 3.8) is 0 Å². The molecule has 9 heteroatoms. The number of piperidine rings is 1. The van der Waals surface area contributed by atoms with Crippen molar-refractivity contribution in [1.29, 1.82) is 0 Å². The number of halogens is 5. The van der Waals surface area contributed by atoms with Crippen molar-refractivity contribution in [2.45, 2.75) is 25.2 Å². The van der Waals surface area contributed by atoms with Crippen molar-refractivity contribution >= 4 is 40.2 Å². The number of nitrogens with two attached hydrogens (primary N) is 1. The molecule has 1 aromatic heterocycles. The van der Waals surface area contributed by atoms with Crippen molar-refractivity contribution in [1.82, 2.24) is 9.55 Å². The molecule has 1 fully saturated rings. The lowest BCUT2D eigenvalue weighted by Gasteiger charge is -2.34. The summed E-state index contributed by atoms with van der Waals surface area (Å²) in [7, 11) is 0. The Labute approximate surface area is 169 Å². The van der Waals surface area contributed by atoms with Crippen LogP contribution in [0, 0.1) is 11.6 Å². The second-order valence-corrected chi connectivity index (χ2v) is 7.68. The van der Waals surface area contributed by atoms with E-state index in [1.807, 2.05) is 4.90 Å². The number of hydrogen-bond acceptors (Lipinski definition) is 3. The van der Waals surface area contributed by atoms with Crippen molar-refractivity contribution in [2.75, 3.05) is 18.0 Å². The van der Waals surface area contributed by atoms with Crippen LogP contribution in [0.2, 0.25) is 10.0 Å². The van der Waals surface area contributed by atoms with E-state index in [0.717, 1.165) is 12.1 Å². The monoisotopic (exact) mass is 428 g/mol. The number of aromatic nitrogens is 2. The molecule has 1 saturated heterocycles. The molecule has 4 nitrogen and oxygen atoms in total. The Kier molecular flexibility index (Phi) is 5.16. The molecule has 2 unspecified atom stereocenters. The Morgan fingerprint density at radius 2 is 1.82 bits per heavy atom. The maximum atomic E-state index is 13.9. The van der Waals surface area contributed by atoms with Gasteiger partial charge in [0.15, 0.2) is 11.6 Å². The van der Waals surface area contributed by atoms with Gasteiger partial charge in [-0.2, -0.15) is 0 Å². The number of imidazole rings is 1. The van der Waals surface area contributed by atoms with E-state index in [1.54, 1.807) is 22.8 Å². The lowest BCUT2D eigenvalue weighted by atomic mass is 10.1. The van der Waals surface area contributed by atoms with Crippen LogP contribution >= 0.6 is 23.2 Å². The average molecular weight is 429 g/mol. The molecule has 0 amide bonds. The molecule has 0 spiro atoms. The van der Waals surface area contributed by atoms with Gasteiger partial charge >= 0.3 is 0 Å². The van der Waals surface area contributed by atoms with E-state index in [-0.39, 0.29) is 25.0 Å². The second kappa shape index (κ2) is 7.46. The van der Waals surface area contributed by atoms with E-state index in [2.05, 4.69) is 4.98 Å². The van der Waals surface area contributed by atoms with Crippen LogP contribution in [0.3, 0.4) is 0 Å². The third-order valence-corrected chi connectivity index (χ3v) is 5.71. The first-order chi connectivity index (χ1) is 13.3. The minimum atomic E-state index is -1.10. The van der Waals surface area contributed by atoms with Crippen LogP contribution in [0.15, 0.2) is 30.3 Å². The average Bonchev–Trinajstić information content (AvgIpc) is 2.98. The fourth-order valence-corrected chi connectivity index (χ4v) is 4.00. The van der Waals surface area contributed by atoms with Gasteiger partial charge in [-0.05, 0) is 18.6 Å². The van der Waals surface area contributed by atoms with Gasteiger partial charge in [-0.3, -0.25) is 0 Å². The van der Waals surface area contributed by atoms with Gasteiger partial charge in [-0.1, -0.05) is 29.3 Å². The van der Waals surface area contributed by atoms with E-state index in [1.165, 1.54) is 0 Å². The standard InChI is InChI=1S/C19H17Cl2F3N4/c20-11-2-1-3-12(21)10(11)8-28-18-7-15(24)14(23)6-17(18)26-19(28)27-5-4-13(22)16(25)9-27/h1-3,6-7,13,16H,4-5,8-9,25H2. The van der Waals surface area contributed by atoms with Crippen LogP contribution in [0.1, 0.15) is 12.0 Å². The van der Waals surface area contributed by atoms with E-state index in [4.69, 9.17) is 28.9 Å². The Morgan fingerprint density at radius 3 is 2.50 bits per heavy atom. The van der Waals surface area contributed by atoms with E-state index in [0.29, 0.717) is 33.6 Å². The Morgan fingerprint density at radius 1 is 1.14 bits per heavy atom. The van der Waals surface area contributed by atoms with Crippen molar-refractivity contribution < 1.29 is 13.2 Å². The van der Waals surface area contributed by atoms with E-state index >= 15 is 0 Å². The molecule has 3 aromatic rings. The summed E-state index contributed by atoms with van der Waals surface area (Å²) in [6, 6.07) is 6.59. The summed E-state index contributed by atoms with van der Waals surface area (Å²) in [5.74, 6) is -1.53. The molecule has 2 N–H and O–H groups in total. The first-order valence-corrected chi connectivity index (χ1v) is 9.53. The first kappa shape index (κ1) is 19.4. The predicted molar refractivity (Wildman–Crippen MR) is 105 cm³/mol. The Hall–Kier alpha value is -1.96. The van der Waals surface area contributed by atoms with Gasteiger partial charge in [0.1, 0.15) is 6.17 Å². The molecule has 1 aliphatic heterocycles. The van der Waals surface area contributed by atoms with E-state index < -0.39 is 23.8 Å². The molecular weight excluding hydrogens is 412 g/mol. The number of hydrogen-bond donors (Lipinski definition) is 1. The fraction of sp³-hybridized carbons (Fsp3) is 0.316. The van der Waals surface area contributed by atoms with Gasteiger partial charge < -0.3 is 15.2 Å². The highest BCUT2D eigenvalue weighted by atomic mass is 35.5. The molecule has 0 aliphatic carbocycles. The topological polar surface area (TPSA) is 47.1 Å². The third-order valence-electron chi connectivity index (χ3n) is 5.00. The Balaban J connectivity index is 1.85. The van der Waals surface area contributed by atoms with Gasteiger partial charge in [-0.15, -0.1) is 0 Å². The second-order valence-electron chi connectivity index (χ2n) is 6.87. The number of rotatable bonds is 3. The van der Waals surface area contributed by atoms with Gasteiger partial charge in [0, 0.05) is 40.8 Å². The van der Waals surface area contributed by atoms with Gasteiger partial charge in [-0.25, -0.2) is 18.2 Å². The molecule has 0 radical (unpaired) electrons. The molecule has 148 valence electrons. The molecule has 2 heterocycles. The van der Waals surface area contributed by atoms with Gasteiger partial charge in [0.2, 0.25) is 5.95 Å². The normalized spacial score (nSPS) is 20.1. The van der Waals surface area contributed by atoms with Gasteiger partial charge in [0.05, 0.1) is 23.6 Å². The number of alkyl halides is 1.